The third-order valence-electron chi connectivity index (χ3n) is 3.33. The lowest BCUT2D eigenvalue weighted by molar-refractivity contribution is 0.222. The zero-order chi connectivity index (χ0) is 11.5. The third kappa shape index (κ3) is 2.56. The van der Waals surface area contributed by atoms with Crippen LogP contribution in [0.4, 0.5) is 0 Å². The van der Waals surface area contributed by atoms with E-state index in [-0.39, 0.29) is 0 Å². The van der Waals surface area contributed by atoms with Gasteiger partial charge in [-0.15, -0.1) is 11.3 Å². The average Bonchev–Trinajstić information content (AvgIpc) is 3.04. The number of aromatic nitrogens is 3. The molecule has 3 heterocycles. The van der Waals surface area contributed by atoms with E-state index in [9.17, 15) is 0 Å². The van der Waals surface area contributed by atoms with Gasteiger partial charge in [0, 0.05) is 36.9 Å². The van der Waals surface area contributed by atoms with Crippen molar-refractivity contribution in [3.63, 3.8) is 0 Å². The molecular formula is C12H16N4S. The van der Waals surface area contributed by atoms with Crippen LogP contribution in [0.25, 0.3) is 0 Å². The molecule has 1 aliphatic heterocycles. The van der Waals surface area contributed by atoms with Gasteiger partial charge in [-0.2, -0.15) is 0 Å². The molecule has 0 amide bonds. The molecule has 0 aliphatic carbocycles. The normalized spacial score (nSPS) is 21.1. The smallest absolute Gasteiger partial charge is 0.0946 e. The van der Waals surface area contributed by atoms with Crippen molar-refractivity contribution < 1.29 is 0 Å². The molecular weight excluding hydrogens is 232 g/mol. The van der Waals surface area contributed by atoms with Crippen LogP contribution in [0.2, 0.25) is 0 Å². The molecule has 0 saturated carbocycles. The molecule has 1 unspecified atom stereocenters. The van der Waals surface area contributed by atoms with E-state index < -0.39 is 0 Å². The van der Waals surface area contributed by atoms with Crippen LogP contribution >= 0.6 is 11.3 Å². The predicted molar refractivity (Wildman–Crippen MR) is 67.8 cm³/mol. The molecule has 90 valence electrons. The summed E-state index contributed by atoms with van der Waals surface area (Å²) >= 11 is 1.68. The SMILES string of the molecule is c1cn(CC2CCCN2Cc2cscn2)cn1. The number of rotatable bonds is 4. The highest BCUT2D eigenvalue weighted by Gasteiger charge is 2.24. The fourth-order valence-corrected chi connectivity index (χ4v) is 3.02. The number of hydrogen-bond acceptors (Lipinski definition) is 4. The molecule has 2 aromatic rings. The quantitative estimate of drug-likeness (QED) is 0.830. The Morgan fingerprint density at radius 3 is 3.24 bits per heavy atom. The van der Waals surface area contributed by atoms with Gasteiger partial charge < -0.3 is 4.57 Å². The van der Waals surface area contributed by atoms with Gasteiger partial charge >= 0.3 is 0 Å². The highest BCUT2D eigenvalue weighted by molar-refractivity contribution is 7.07. The Morgan fingerprint density at radius 2 is 2.47 bits per heavy atom. The van der Waals surface area contributed by atoms with Gasteiger partial charge in [0.1, 0.15) is 0 Å². The van der Waals surface area contributed by atoms with Crippen LogP contribution in [0.3, 0.4) is 0 Å². The molecule has 5 heteroatoms. The molecule has 1 fully saturated rings. The maximum Gasteiger partial charge on any atom is 0.0946 e. The number of hydrogen-bond donors (Lipinski definition) is 0. The van der Waals surface area contributed by atoms with E-state index in [4.69, 9.17) is 0 Å². The van der Waals surface area contributed by atoms with Crippen LogP contribution in [0.1, 0.15) is 18.5 Å². The molecule has 1 saturated heterocycles. The van der Waals surface area contributed by atoms with Gasteiger partial charge in [-0.3, -0.25) is 4.90 Å². The van der Waals surface area contributed by atoms with Crippen molar-refractivity contribution in [3.05, 3.63) is 35.3 Å². The fourth-order valence-electron chi connectivity index (χ4n) is 2.47. The number of nitrogens with zero attached hydrogens (tertiary/aromatic N) is 4. The lowest BCUT2D eigenvalue weighted by Crippen LogP contribution is -2.32. The summed E-state index contributed by atoms with van der Waals surface area (Å²) in [6.45, 7) is 3.23. The summed E-state index contributed by atoms with van der Waals surface area (Å²) < 4.78 is 2.17. The molecule has 17 heavy (non-hydrogen) atoms. The van der Waals surface area contributed by atoms with Crippen molar-refractivity contribution in [1.29, 1.82) is 0 Å². The summed E-state index contributed by atoms with van der Waals surface area (Å²) in [6, 6.07) is 0.630. The van der Waals surface area contributed by atoms with Gasteiger partial charge in [0.15, 0.2) is 0 Å². The number of likely N-dealkylation sites (tertiary alicyclic amines) is 1. The van der Waals surface area contributed by atoms with E-state index in [0.717, 1.165) is 13.1 Å². The predicted octanol–water partition coefficient (Wildman–Crippen LogP) is 2.00. The molecule has 0 N–H and O–H groups in total. The van der Waals surface area contributed by atoms with E-state index in [2.05, 4.69) is 24.8 Å². The van der Waals surface area contributed by atoms with Crippen molar-refractivity contribution in [2.75, 3.05) is 6.54 Å². The standard InChI is InChI=1S/C12H16N4S/c1-2-12(7-15-5-3-13-9-15)16(4-1)6-11-8-17-10-14-11/h3,5,8-10,12H,1-2,4,6-7H2. The topological polar surface area (TPSA) is 34.0 Å². The average molecular weight is 248 g/mol. The minimum atomic E-state index is 0.630. The molecule has 2 aromatic heterocycles. The van der Waals surface area contributed by atoms with Gasteiger partial charge in [-0.25, -0.2) is 9.97 Å². The Morgan fingerprint density at radius 1 is 1.47 bits per heavy atom. The first-order valence-corrected chi connectivity index (χ1v) is 6.93. The number of imidazole rings is 1. The Hall–Kier alpha value is -1.20. The number of thiazole rings is 1. The van der Waals surface area contributed by atoms with E-state index in [0.29, 0.717) is 6.04 Å². The van der Waals surface area contributed by atoms with Crippen molar-refractivity contribution in [2.45, 2.75) is 32.0 Å². The van der Waals surface area contributed by atoms with Gasteiger partial charge in [0.2, 0.25) is 0 Å². The Labute approximate surface area is 105 Å². The molecule has 0 radical (unpaired) electrons. The first-order valence-electron chi connectivity index (χ1n) is 5.98. The molecule has 1 aliphatic rings. The monoisotopic (exact) mass is 248 g/mol. The third-order valence-corrected chi connectivity index (χ3v) is 3.96. The van der Waals surface area contributed by atoms with Crippen LogP contribution < -0.4 is 0 Å². The van der Waals surface area contributed by atoms with E-state index >= 15 is 0 Å². The first kappa shape index (κ1) is 10.9. The Balaban J connectivity index is 1.63. The van der Waals surface area contributed by atoms with E-state index in [1.54, 1.807) is 11.3 Å². The van der Waals surface area contributed by atoms with Gasteiger partial charge in [-0.05, 0) is 19.4 Å². The van der Waals surface area contributed by atoms with Crippen LogP contribution in [0, 0.1) is 0 Å². The molecule has 1 atom stereocenters. The van der Waals surface area contributed by atoms with Crippen molar-refractivity contribution >= 4 is 11.3 Å². The molecule has 0 aromatic carbocycles. The van der Waals surface area contributed by atoms with Crippen LogP contribution in [0.15, 0.2) is 29.6 Å². The van der Waals surface area contributed by atoms with Gasteiger partial charge in [-0.1, -0.05) is 0 Å². The lowest BCUT2D eigenvalue weighted by Gasteiger charge is -2.23. The van der Waals surface area contributed by atoms with Crippen molar-refractivity contribution in [3.8, 4) is 0 Å². The Bertz CT molecular complexity index is 395. The zero-order valence-electron chi connectivity index (χ0n) is 9.70. The maximum absolute atomic E-state index is 4.37. The Kier molecular flexibility index (Phi) is 3.20. The van der Waals surface area contributed by atoms with Gasteiger partial charge in [0.05, 0.1) is 17.5 Å². The van der Waals surface area contributed by atoms with Crippen molar-refractivity contribution in [2.24, 2.45) is 0 Å². The first-order chi connectivity index (χ1) is 8.42. The fraction of sp³-hybridized carbons (Fsp3) is 0.500. The summed E-state index contributed by atoms with van der Waals surface area (Å²) in [5, 5.41) is 2.15. The summed E-state index contributed by atoms with van der Waals surface area (Å²) in [4.78, 5) is 11.0. The zero-order valence-corrected chi connectivity index (χ0v) is 10.5. The minimum absolute atomic E-state index is 0.630. The molecule has 3 rings (SSSR count). The molecule has 4 nitrogen and oxygen atoms in total. The second kappa shape index (κ2) is 4.98. The van der Waals surface area contributed by atoms with Crippen molar-refractivity contribution in [1.82, 2.24) is 19.4 Å². The highest BCUT2D eigenvalue weighted by Crippen LogP contribution is 2.21. The largest absolute Gasteiger partial charge is 0.336 e. The molecule has 0 bridgehead atoms. The molecule has 0 spiro atoms. The minimum Gasteiger partial charge on any atom is -0.336 e. The van der Waals surface area contributed by atoms with Gasteiger partial charge in [0.25, 0.3) is 0 Å². The summed E-state index contributed by atoms with van der Waals surface area (Å²) in [7, 11) is 0. The summed E-state index contributed by atoms with van der Waals surface area (Å²) in [6.07, 6.45) is 8.37. The lowest BCUT2D eigenvalue weighted by atomic mass is 10.2. The maximum atomic E-state index is 4.37. The summed E-state index contributed by atoms with van der Waals surface area (Å²) in [5.41, 5.74) is 3.11. The van der Waals surface area contributed by atoms with Crippen LogP contribution in [-0.4, -0.2) is 32.0 Å². The van der Waals surface area contributed by atoms with Crippen LogP contribution in [0.5, 0.6) is 0 Å². The highest BCUT2D eigenvalue weighted by atomic mass is 32.1. The summed E-state index contributed by atoms with van der Waals surface area (Å²) in [5.74, 6) is 0. The van der Waals surface area contributed by atoms with E-state index in [1.165, 1.54) is 25.1 Å². The second-order valence-corrected chi connectivity index (χ2v) is 5.22. The van der Waals surface area contributed by atoms with E-state index in [1.807, 2.05) is 24.2 Å². The second-order valence-electron chi connectivity index (χ2n) is 4.51. The van der Waals surface area contributed by atoms with Crippen LogP contribution in [-0.2, 0) is 13.1 Å².